The number of fused-ring (bicyclic) bond motifs is 3. The van der Waals surface area contributed by atoms with Gasteiger partial charge in [0.05, 0.1) is 12.6 Å². The number of aryl methyl sites for hydroxylation is 3. The van der Waals surface area contributed by atoms with Crippen LogP contribution < -0.4 is 5.32 Å². The van der Waals surface area contributed by atoms with Gasteiger partial charge in [0.25, 0.3) is 5.91 Å². The summed E-state index contributed by atoms with van der Waals surface area (Å²) >= 11 is 0. The molecule has 1 saturated heterocycles. The van der Waals surface area contributed by atoms with Crippen molar-refractivity contribution in [3.8, 4) is 17.5 Å². The van der Waals surface area contributed by atoms with E-state index in [1.165, 1.54) is 0 Å². The predicted molar refractivity (Wildman–Crippen MR) is 196 cm³/mol. The highest BCUT2D eigenvalue weighted by atomic mass is 16.4. The summed E-state index contributed by atoms with van der Waals surface area (Å²) in [4.78, 5) is 32.0. The second-order valence-corrected chi connectivity index (χ2v) is 14.6. The summed E-state index contributed by atoms with van der Waals surface area (Å²) in [6, 6.07) is 22.6. The number of benzene rings is 3. The van der Waals surface area contributed by atoms with Crippen molar-refractivity contribution in [3.05, 3.63) is 112 Å². The van der Waals surface area contributed by atoms with Crippen molar-refractivity contribution in [2.75, 3.05) is 41.3 Å². The minimum atomic E-state index is -0.907. The molecule has 262 valence electrons. The molecular formula is C41H45N7O3. The van der Waals surface area contributed by atoms with Crippen LogP contribution in [-0.2, 0) is 23.1 Å². The molecular weight excluding hydrogens is 638 g/mol. The molecule has 10 heteroatoms. The number of likely N-dealkylation sites (tertiary alicyclic amines) is 1. The Hall–Kier alpha value is -5.27. The highest BCUT2D eigenvalue weighted by molar-refractivity contribution is 5.94. The smallest absolute Gasteiger partial charge is 0.253 e. The van der Waals surface area contributed by atoms with Gasteiger partial charge in [-0.05, 0) is 110 Å². The van der Waals surface area contributed by atoms with E-state index in [-0.39, 0.29) is 30.4 Å². The first-order chi connectivity index (χ1) is 24.5. The molecule has 1 saturated carbocycles. The zero-order valence-electron chi connectivity index (χ0n) is 30.1. The van der Waals surface area contributed by atoms with Gasteiger partial charge in [0.1, 0.15) is 11.5 Å². The summed E-state index contributed by atoms with van der Waals surface area (Å²) in [7, 11) is 7.49. The number of hydrogen-bond donors (Lipinski definition) is 1. The Bertz CT molecular complexity index is 1970. The lowest BCUT2D eigenvalue weighted by Gasteiger charge is -2.34. The van der Waals surface area contributed by atoms with Gasteiger partial charge in [-0.1, -0.05) is 42.5 Å². The molecule has 7 rings (SSSR count). The Morgan fingerprint density at radius 1 is 0.961 bits per heavy atom. The highest BCUT2D eigenvalue weighted by Crippen LogP contribution is 2.49. The van der Waals surface area contributed by atoms with Crippen LogP contribution in [0.25, 0.3) is 17.2 Å². The Labute approximate surface area is 299 Å². The molecule has 51 heavy (non-hydrogen) atoms. The van der Waals surface area contributed by atoms with E-state index < -0.39 is 5.41 Å². The Balaban J connectivity index is 1.33. The van der Waals surface area contributed by atoms with Crippen LogP contribution in [-0.4, -0.2) is 90.1 Å². The molecule has 4 aromatic rings. The van der Waals surface area contributed by atoms with Crippen molar-refractivity contribution in [2.45, 2.75) is 56.5 Å². The maximum absolute atomic E-state index is 13.4. The second kappa shape index (κ2) is 13.5. The van der Waals surface area contributed by atoms with E-state index in [0.717, 1.165) is 63.9 Å². The first-order valence-corrected chi connectivity index (χ1v) is 17.7. The second-order valence-electron chi connectivity index (χ2n) is 14.6. The van der Waals surface area contributed by atoms with Gasteiger partial charge in [0.2, 0.25) is 17.7 Å². The van der Waals surface area contributed by atoms with Crippen LogP contribution in [0.15, 0.2) is 71.7 Å². The topological polar surface area (TPSA) is 119 Å². The molecule has 4 atom stereocenters. The van der Waals surface area contributed by atoms with E-state index >= 15 is 0 Å². The highest BCUT2D eigenvalue weighted by Gasteiger charge is 2.54. The minimum absolute atomic E-state index is 0.0413. The average molecular weight is 684 g/mol. The van der Waals surface area contributed by atoms with Gasteiger partial charge >= 0.3 is 0 Å². The number of piperidine rings is 1. The fraction of sp³-hybridized carbons (Fsp3) is 0.390. The van der Waals surface area contributed by atoms with E-state index in [1.807, 2.05) is 68.4 Å². The molecule has 1 N–H and O–H groups in total. The Morgan fingerprint density at radius 2 is 1.63 bits per heavy atom. The molecule has 3 aromatic carbocycles. The van der Waals surface area contributed by atoms with Crippen molar-refractivity contribution in [3.63, 3.8) is 0 Å². The Kier molecular flexibility index (Phi) is 9.02. The maximum Gasteiger partial charge on any atom is 0.253 e. The molecule has 0 radical (unpaired) electrons. The van der Waals surface area contributed by atoms with Crippen LogP contribution >= 0.6 is 0 Å². The molecule has 2 heterocycles. The van der Waals surface area contributed by atoms with Crippen LogP contribution in [0, 0.1) is 24.2 Å². The van der Waals surface area contributed by atoms with Crippen LogP contribution in [0.1, 0.15) is 68.9 Å². The molecule has 2 aliphatic carbocycles. The van der Waals surface area contributed by atoms with Crippen LogP contribution in [0.5, 0.6) is 0 Å². The van der Waals surface area contributed by atoms with E-state index in [9.17, 15) is 14.9 Å². The summed E-state index contributed by atoms with van der Waals surface area (Å²) in [6.07, 6.45) is 3.69. The van der Waals surface area contributed by atoms with Crippen LogP contribution in [0.2, 0.25) is 0 Å². The van der Waals surface area contributed by atoms with E-state index in [0.29, 0.717) is 42.6 Å². The maximum atomic E-state index is 13.4. The first kappa shape index (κ1) is 34.2. The van der Waals surface area contributed by atoms with Gasteiger partial charge in [-0.2, -0.15) is 5.26 Å². The van der Waals surface area contributed by atoms with Gasteiger partial charge in [-0.15, -0.1) is 10.2 Å². The van der Waals surface area contributed by atoms with Crippen molar-refractivity contribution >= 4 is 17.5 Å². The van der Waals surface area contributed by atoms with E-state index in [1.54, 1.807) is 23.9 Å². The number of nitrogens with one attached hydrogen (secondary N) is 1. The zero-order chi connectivity index (χ0) is 36.0. The monoisotopic (exact) mass is 683 g/mol. The number of carbonyl (C=O) groups is 2. The lowest BCUT2D eigenvalue weighted by molar-refractivity contribution is -0.131. The van der Waals surface area contributed by atoms with Gasteiger partial charge in [0, 0.05) is 51.1 Å². The third-order valence-corrected chi connectivity index (χ3v) is 10.9. The lowest BCUT2D eigenvalue weighted by Crippen LogP contribution is -2.44. The van der Waals surface area contributed by atoms with E-state index in [2.05, 4.69) is 41.3 Å². The molecule has 2 unspecified atom stereocenters. The minimum Gasteiger partial charge on any atom is -0.419 e. The van der Waals surface area contributed by atoms with Gasteiger partial charge in [0.15, 0.2) is 0 Å². The molecule has 1 aromatic heterocycles. The predicted octanol–water partition coefficient (Wildman–Crippen LogP) is 5.20. The number of carbonyl (C=O) groups excluding carboxylic acids is 2. The standard InChI is InChI=1S/C41H45N7O3/c1-25-7-9-27(10-8-25)38-44-45-40(51-38)41(17-18-43-24-37(49)48-33(23-42)21-32-22-36(32)48)34-15-13-28(26(2)46(3)4)19-29(34)11-12-30-20-31(14-16-35(30)41)39(50)47(5)6/h7-10,13-16,19-20,32-33,36,43H,2,11-12,17-18,21-22,24H2,1,3-6H3/t32-,33?,36+,41?/m1/s1. The third-order valence-electron chi connectivity index (χ3n) is 10.9. The van der Waals surface area contributed by atoms with Gasteiger partial charge in [-0.25, -0.2) is 0 Å². The fourth-order valence-corrected chi connectivity index (χ4v) is 7.99. The molecule has 1 aliphatic heterocycles. The first-order valence-electron chi connectivity index (χ1n) is 17.7. The van der Waals surface area contributed by atoms with Crippen molar-refractivity contribution in [2.24, 2.45) is 5.92 Å². The summed E-state index contributed by atoms with van der Waals surface area (Å²) in [5.74, 6) is 1.22. The molecule has 0 bridgehead atoms. The normalized spacial score (nSPS) is 21.5. The molecule has 2 fully saturated rings. The van der Waals surface area contributed by atoms with Gasteiger partial charge in [-0.3, -0.25) is 9.59 Å². The van der Waals surface area contributed by atoms with Crippen LogP contribution in [0.4, 0.5) is 0 Å². The van der Waals surface area contributed by atoms with Crippen molar-refractivity contribution < 1.29 is 14.0 Å². The average Bonchev–Trinajstić information content (AvgIpc) is 3.56. The van der Waals surface area contributed by atoms with Crippen molar-refractivity contribution in [1.82, 2.24) is 30.2 Å². The van der Waals surface area contributed by atoms with E-state index in [4.69, 9.17) is 9.52 Å². The fourth-order valence-electron chi connectivity index (χ4n) is 7.99. The lowest BCUT2D eigenvalue weighted by atomic mass is 9.69. The number of nitrogens with zero attached hydrogens (tertiary/aromatic N) is 6. The summed E-state index contributed by atoms with van der Waals surface area (Å²) in [5.41, 5.74) is 7.79. The summed E-state index contributed by atoms with van der Waals surface area (Å²) in [5, 5.41) is 22.5. The van der Waals surface area contributed by atoms with Crippen LogP contribution in [0.3, 0.4) is 0 Å². The zero-order valence-corrected chi connectivity index (χ0v) is 30.1. The molecule has 0 spiro atoms. The number of rotatable bonds is 10. The third kappa shape index (κ3) is 6.20. The number of nitriles is 1. The Morgan fingerprint density at radius 3 is 2.27 bits per heavy atom. The molecule has 3 aliphatic rings. The summed E-state index contributed by atoms with van der Waals surface area (Å²) in [6.45, 7) is 6.95. The van der Waals surface area contributed by atoms with Gasteiger partial charge < -0.3 is 24.4 Å². The SMILES string of the molecule is C=C(c1ccc2c(c1)CCc1cc(C(=O)N(C)C)ccc1C2(CCNCC(=O)N1C(C#N)C[C@@H]2C[C@@H]21)c1nnc(-c2ccc(C)cc2)o1)N(C)C. The number of hydrogen-bond acceptors (Lipinski definition) is 8. The molecule has 2 amide bonds. The largest absolute Gasteiger partial charge is 0.419 e. The quantitative estimate of drug-likeness (QED) is 0.227. The summed E-state index contributed by atoms with van der Waals surface area (Å²) < 4.78 is 6.70. The number of aromatic nitrogens is 2. The molecule has 10 nitrogen and oxygen atoms in total. The number of amides is 2. The van der Waals surface area contributed by atoms with Crippen molar-refractivity contribution in [1.29, 1.82) is 5.26 Å².